The molecular formula is C31H29ClN4O9. The smallest absolute Gasteiger partial charge is 0.330 e. The first-order valence-electron chi connectivity index (χ1n) is 13.5. The number of ether oxygens (including phenoxy) is 4. The van der Waals surface area contributed by atoms with Crippen molar-refractivity contribution >= 4 is 56.9 Å². The number of anilines is 2. The number of amides is 1. The van der Waals surface area contributed by atoms with Gasteiger partial charge in [-0.3, -0.25) is 14.2 Å². The number of nitrogens with one attached hydrogen (secondary N) is 2. The molecule has 3 N–H and O–H groups in total. The standard InChI is InChI=1S/C31H29ClN4O9/c1-41-22-13-17(14-23(42-2)28(22)43-3)33-24(38)12-16-7-5-8-18(11-16)36-21-10-6-9-19(32)25(21)27-26(30(36)39)29(45-35-27)34-20(15-37)31(40)44-4/h5-11,13-14,20,34,37H,12,15H2,1-4H3,(H,33,38). The van der Waals surface area contributed by atoms with Crippen molar-refractivity contribution in [1.82, 2.24) is 9.72 Å². The van der Waals surface area contributed by atoms with Crippen molar-refractivity contribution < 1.29 is 38.2 Å². The minimum atomic E-state index is -1.21. The van der Waals surface area contributed by atoms with Gasteiger partial charge in [0.15, 0.2) is 17.5 Å². The maximum absolute atomic E-state index is 14.1. The van der Waals surface area contributed by atoms with E-state index in [9.17, 15) is 19.5 Å². The Morgan fingerprint density at radius 1 is 1.00 bits per heavy atom. The van der Waals surface area contributed by atoms with Crippen LogP contribution in [0, 0.1) is 0 Å². The number of aromatic nitrogens is 2. The lowest BCUT2D eigenvalue weighted by molar-refractivity contribution is -0.142. The molecule has 234 valence electrons. The van der Waals surface area contributed by atoms with Gasteiger partial charge in [0.05, 0.1) is 52.0 Å². The summed E-state index contributed by atoms with van der Waals surface area (Å²) in [7, 11) is 5.62. The Hall–Kier alpha value is -5.27. The minimum Gasteiger partial charge on any atom is -0.493 e. The number of carbonyl (C=O) groups is 2. The molecule has 0 saturated heterocycles. The highest BCUT2D eigenvalue weighted by molar-refractivity contribution is 6.37. The van der Waals surface area contributed by atoms with Crippen LogP contribution in [0.4, 0.5) is 11.6 Å². The van der Waals surface area contributed by atoms with Gasteiger partial charge in [-0.25, -0.2) is 4.79 Å². The third-order valence-corrected chi connectivity index (χ3v) is 7.35. The van der Waals surface area contributed by atoms with Crippen LogP contribution in [-0.4, -0.2) is 67.8 Å². The number of halogens is 1. The van der Waals surface area contributed by atoms with Gasteiger partial charge in [-0.1, -0.05) is 35.0 Å². The Morgan fingerprint density at radius 3 is 2.36 bits per heavy atom. The van der Waals surface area contributed by atoms with Crippen LogP contribution in [0.1, 0.15) is 5.56 Å². The molecule has 0 aliphatic heterocycles. The summed E-state index contributed by atoms with van der Waals surface area (Å²) in [6, 6.07) is 14.0. The van der Waals surface area contributed by atoms with Crippen LogP contribution < -0.4 is 30.4 Å². The number of benzene rings is 3. The average Bonchev–Trinajstić information content (AvgIpc) is 3.46. The number of rotatable bonds is 11. The van der Waals surface area contributed by atoms with Crippen LogP contribution >= 0.6 is 11.6 Å². The van der Waals surface area contributed by atoms with E-state index in [4.69, 9.17) is 35.1 Å². The molecule has 14 heteroatoms. The molecule has 0 aliphatic carbocycles. The molecule has 2 heterocycles. The second-order valence-electron chi connectivity index (χ2n) is 9.72. The van der Waals surface area contributed by atoms with E-state index < -0.39 is 24.2 Å². The third-order valence-electron chi connectivity index (χ3n) is 7.03. The van der Waals surface area contributed by atoms with E-state index in [-0.39, 0.29) is 29.1 Å². The first kappa shape index (κ1) is 31.2. The summed E-state index contributed by atoms with van der Waals surface area (Å²) in [5.41, 5.74) is 1.55. The largest absolute Gasteiger partial charge is 0.493 e. The number of hydrogen-bond acceptors (Lipinski definition) is 11. The molecule has 45 heavy (non-hydrogen) atoms. The van der Waals surface area contributed by atoms with Gasteiger partial charge in [-0.2, -0.15) is 0 Å². The molecule has 1 amide bonds. The van der Waals surface area contributed by atoms with Crippen molar-refractivity contribution in [1.29, 1.82) is 0 Å². The van der Waals surface area contributed by atoms with E-state index in [0.29, 0.717) is 50.1 Å². The van der Waals surface area contributed by atoms with Crippen molar-refractivity contribution in [2.75, 3.05) is 45.7 Å². The van der Waals surface area contributed by atoms with Gasteiger partial charge in [0, 0.05) is 28.9 Å². The highest BCUT2D eigenvalue weighted by Gasteiger charge is 2.26. The van der Waals surface area contributed by atoms with Gasteiger partial charge in [0.2, 0.25) is 17.5 Å². The number of pyridine rings is 1. The molecule has 0 radical (unpaired) electrons. The zero-order valence-corrected chi connectivity index (χ0v) is 25.4. The number of methoxy groups -OCH3 is 4. The first-order chi connectivity index (χ1) is 21.7. The molecule has 13 nitrogen and oxygen atoms in total. The molecule has 5 aromatic rings. The third kappa shape index (κ3) is 5.95. The summed E-state index contributed by atoms with van der Waals surface area (Å²) >= 11 is 6.59. The fourth-order valence-electron chi connectivity index (χ4n) is 5.00. The van der Waals surface area contributed by atoms with E-state index in [1.165, 1.54) is 33.0 Å². The van der Waals surface area contributed by atoms with Crippen LogP contribution in [0.25, 0.3) is 27.5 Å². The van der Waals surface area contributed by atoms with Crippen molar-refractivity contribution in [3.05, 3.63) is 75.5 Å². The summed E-state index contributed by atoms with van der Waals surface area (Å²) in [4.78, 5) is 39.3. The molecule has 0 bridgehead atoms. The maximum atomic E-state index is 14.1. The quantitative estimate of drug-likeness (QED) is 0.180. The van der Waals surface area contributed by atoms with Crippen molar-refractivity contribution in [3.8, 4) is 22.9 Å². The summed E-state index contributed by atoms with van der Waals surface area (Å²) in [6.07, 6.45) is -0.0302. The summed E-state index contributed by atoms with van der Waals surface area (Å²) in [5.74, 6) is -0.0817. The lowest BCUT2D eigenvalue weighted by Crippen LogP contribution is -2.34. The predicted molar refractivity (Wildman–Crippen MR) is 167 cm³/mol. The average molecular weight is 637 g/mol. The van der Waals surface area contributed by atoms with E-state index in [1.54, 1.807) is 54.6 Å². The van der Waals surface area contributed by atoms with Crippen LogP contribution in [0.15, 0.2) is 63.9 Å². The molecule has 0 spiro atoms. The summed E-state index contributed by atoms with van der Waals surface area (Å²) in [5, 5.41) is 20.0. The van der Waals surface area contributed by atoms with Gasteiger partial charge >= 0.3 is 5.97 Å². The Bertz CT molecular complexity index is 1950. The fraction of sp³-hybridized carbons (Fsp3) is 0.226. The zero-order valence-electron chi connectivity index (χ0n) is 24.7. The van der Waals surface area contributed by atoms with Gasteiger partial charge in [0.1, 0.15) is 10.9 Å². The monoisotopic (exact) mass is 636 g/mol. The maximum Gasteiger partial charge on any atom is 0.330 e. The lowest BCUT2D eigenvalue weighted by atomic mass is 10.1. The number of nitrogens with zero attached hydrogens (tertiary/aromatic N) is 2. The van der Waals surface area contributed by atoms with E-state index in [0.717, 1.165) is 0 Å². The lowest BCUT2D eigenvalue weighted by Gasteiger charge is -2.15. The van der Waals surface area contributed by atoms with Crippen molar-refractivity contribution in [2.45, 2.75) is 12.5 Å². The van der Waals surface area contributed by atoms with E-state index in [1.807, 2.05) is 0 Å². The van der Waals surface area contributed by atoms with Gasteiger partial charge in [-0.15, -0.1) is 0 Å². The van der Waals surface area contributed by atoms with Crippen molar-refractivity contribution in [3.63, 3.8) is 0 Å². The van der Waals surface area contributed by atoms with Gasteiger partial charge in [-0.05, 0) is 29.8 Å². The Kier molecular flexibility index (Phi) is 9.11. The fourth-order valence-corrected chi connectivity index (χ4v) is 5.26. The van der Waals surface area contributed by atoms with Crippen LogP contribution in [0.2, 0.25) is 5.02 Å². The summed E-state index contributed by atoms with van der Waals surface area (Å²) in [6.45, 7) is -0.627. The highest BCUT2D eigenvalue weighted by Crippen LogP contribution is 2.40. The SMILES string of the molecule is COC(=O)C(CO)Nc1onc2c1c(=O)n(-c1cccc(CC(=O)Nc3cc(OC)c(OC)c(OC)c3)c1)c1cccc(Cl)c21. The van der Waals surface area contributed by atoms with Crippen LogP contribution in [0.5, 0.6) is 17.2 Å². The van der Waals surface area contributed by atoms with Crippen LogP contribution in [0.3, 0.4) is 0 Å². The number of aliphatic hydroxyl groups is 1. The highest BCUT2D eigenvalue weighted by atomic mass is 35.5. The van der Waals surface area contributed by atoms with Gasteiger partial charge < -0.3 is 39.2 Å². The Labute approximate surface area is 261 Å². The van der Waals surface area contributed by atoms with E-state index >= 15 is 0 Å². The topological polar surface area (TPSA) is 163 Å². The number of carbonyl (C=O) groups excluding carboxylic acids is 2. The summed E-state index contributed by atoms with van der Waals surface area (Å²) < 4.78 is 27.6. The molecule has 0 fully saturated rings. The second-order valence-corrected chi connectivity index (χ2v) is 10.1. The molecule has 3 aromatic carbocycles. The molecule has 1 unspecified atom stereocenters. The van der Waals surface area contributed by atoms with Crippen molar-refractivity contribution in [2.24, 2.45) is 0 Å². The second kappa shape index (κ2) is 13.2. The number of aliphatic hydroxyl groups excluding tert-OH is 1. The Balaban J connectivity index is 1.54. The first-order valence-corrected chi connectivity index (χ1v) is 13.9. The molecular weight excluding hydrogens is 608 g/mol. The zero-order chi connectivity index (χ0) is 32.2. The minimum absolute atomic E-state index is 0.00324. The number of esters is 1. The molecule has 0 aliphatic rings. The molecule has 0 saturated carbocycles. The predicted octanol–water partition coefficient (Wildman–Crippen LogP) is 3.94. The molecule has 5 rings (SSSR count). The molecule has 1 atom stereocenters. The number of fused-ring (bicyclic) bond motifs is 3. The Morgan fingerprint density at radius 2 is 1.71 bits per heavy atom. The molecule has 2 aromatic heterocycles. The normalized spacial score (nSPS) is 11.7. The van der Waals surface area contributed by atoms with E-state index in [2.05, 4.69) is 15.8 Å². The van der Waals surface area contributed by atoms with Gasteiger partial charge in [0.25, 0.3) is 5.56 Å². The number of hydrogen-bond donors (Lipinski definition) is 3. The van der Waals surface area contributed by atoms with Crippen LogP contribution in [-0.2, 0) is 20.7 Å².